The molecule has 1 aromatic carbocycles. The number of rotatable bonds is 7. The van der Waals surface area contributed by atoms with Crippen LogP contribution in [0.15, 0.2) is 61.1 Å². The third-order valence-corrected chi connectivity index (χ3v) is 4.77. The van der Waals surface area contributed by atoms with Crippen molar-refractivity contribution in [3.8, 4) is 11.4 Å². The van der Waals surface area contributed by atoms with Crippen LogP contribution in [-0.4, -0.2) is 43.8 Å². The molecule has 0 bridgehead atoms. The number of para-hydroxylation sites is 1. The number of aromatic nitrogens is 4. The summed E-state index contributed by atoms with van der Waals surface area (Å²) in [5.41, 5.74) is 8.02. The van der Waals surface area contributed by atoms with Gasteiger partial charge in [0, 0.05) is 29.7 Å². The molecule has 0 radical (unpaired) electrons. The molecule has 9 heteroatoms. The van der Waals surface area contributed by atoms with Crippen LogP contribution in [0.25, 0.3) is 22.3 Å². The van der Waals surface area contributed by atoms with Crippen LogP contribution in [0.3, 0.4) is 0 Å². The molecule has 0 aliphatic carbocycles. The Morgan fingerprint density at radius 2 is 1.90 bits per heavy atom. The summed E-state index contributed by atoms with van der Waals surface area (Å²) in [5, 5.41) is 10.2. The van der Waals surface area contributed by atoms with Gasteiger partial charge in [-0.3, -0.25) is 24.5 Å². The Labute approximate surface area is 170 Å². The number of Topliss-reactive ketones (excluding diaryl/α,β-unsaturated/α-hetero) is 1. The zero-order valence-electron chi connectivity index (χ0n) is 15.8. The van der Waals surface area contributed by atoms with Crippen molar-refractivity contribution in [2.75, 3.05) is 0 Å². The van der Waals surface area contributed by atoms with E-state index in [9.17, 15) is 14.4 Å². The van der Waals surface area contributed by atoms with Crippen LogP contribution in [-0.2, 0) is 16.0 Å². The van der Waals surface area contributed by atoms with Gasteiger partial charge in [0.25, 0.3) is 11.8 Å². The average Bonchev–Trinajstić information content (AvgIpc) is 3.41. The monoisotopic (exact) mass is 402 g/mol. The van der Waals surface area contributed by atoms with E-state index in [2.05, 4.69) is 25.5 Å². The predicted molar refractivity (Wildman–Crippen MR) is 109 cm³/mol. The molecule has 0 aliphatic rings. The van der Waals surface area contributed by atoms with Gasteiger partial charge in [-0.25, -0.2) is 0 Å². The fourth-order valence-electron chi connectivity index (χ4n) is 3.30. The number of aromatic amines is 2. The molecule has 4 aromatic rings. The SMILES string of the molecule is NC(=O)C(=O)C(Cc1c[nH]c2ccccc12)NC(=O)c1cn[nH]c1-c1ccccn1. The minimum Gasteiger partial charge on any atom is -0.363 e. The van der Waals surface area contributed by atoms with E-state index in [1.54, 1.807) is 30.6 Å². The number of hydrogen-bond donors (Lipinski definition) is 4. The zero-order chi connectivity index (χ0) is 21.1. The molecule has 0 aliphatic heterocycles. The number of H-pyrrole nitrogens is 2. The summed E-state index contributed by atoms with van der Waals surface area (Å²) in [6, 6.07) is 11.7. The lowest BCUT2D eigenvalue weighted by atomic mass is 10.0. The maximum atomic E-state index is 12.9. The van der Waals surface area contributed by atoms with Gasteiger partial charge in [-0.2, -0.15) is 5.10 Å². The first kappa shape index (κ1) is 19.1. The number of carbonyl (C=O) groups excluding carboxylic acids is 3. The quantitative estimate of drug-likeness (QED) is 0.345. The van der Waals surface area contributed by atoms with E-state index < -0.39 is 23.6 Å². The lowest BCUT2D eigenvalue weighted by molar-refractivity contribution is -0.137. The molecule has 9 nitrogen and oxygen atoms in total. The maximum absolute atomic E-state index is 12.9. The summed E-state index contributed by atoms with van der Waals surface area (Å²) < 4.78 is 0. The Balaban J connectivity index is 1.62. The number of nitrogens with zero attached hydrogens (tertiary/aromatic N) is 2. The second-order valence-corrected chi connectivity index (χ2v) is 6.69. The van der Waals surface area contributed by atoms with E-state index >= 15 is 0 Å². The summed E-state index contributed by atoms with van der Waals surface area (Å²) in [6.45, 7) is 0. The number of carbonyl (C=O) groups is 3. The first-order chi connectivity index (χ1) is 14.5. The lowest BCUT2D eigenvalue weighted by Gasteiger charge is -2.16. The summed E-state index contributed by atoms with van der Waals surface area (Å²) in [4.78, 5) is 44.2. The number of ketones is 1. The van der Waals surface area contributed by atoms with E-state index in [-0.39, 0.29) is 12.0 Å². The molecule has 3 heterocycles. The summed E-state index contributed by atoms with van der Waals surface area (Å²) >= 11 is 0. The number of amides is 2. The summed E-state index contributed by atoms with van der Waals surface area (Å²) in [5.74, 6) is -2.56. The largest absolute Gasteiger partial charge is 0.363 e. The summed E-state index contributed by atoms with van der Waals surface area (Å²) in [6.07, 6.45) is 4.79. The Bertz CT molecular complexity index is 1230. The van der Waals surface area contributed by atoms with Gasteiger partial charge in [0.2, 0.25) is 5.78 Å². The van der Waals surface area contributed by atoms with E-state index in [0.717, 1.165) is 16.5 Å². The van der Waals surface area contributed by atoms with Gasteiger partial charge >= 0.3 is 0 Å². The highest BCUT2D eigenvalue weighted by Gasteiger charge is 2.28. The average molecular weight is 402 g/mol. The third kappa shape index (κ3) is 3.68. The number of pyridine rings is 1. The molecule has 150 valence electrons. The van der Waals surface area contributed by atoms with Crippen LogP contribution in [0, 0.1) is 0 Å². The van der Waals surface area contributed by atoms with Crippen molar-refractivity contribution in [3.63, 3.8) is 0 Å². The second-order valence-electron chi connectivity index (χ2n) is 6.69. The van der Waals surface area contributed by atoms with Gasteiger partial charge in [0.15, 0.2) is 0 Å². The molecule has 5 N–H and O–H groups in total. The predicted octanol–water partition coefficient (Wildman–Crippen LogP) is 1.35. The molecule has 1 unspecified atom stereocenters. The van der Waals surface area contributed by atoms with Crippen molar-refractivity contribution < 1.29 is 14.4 Å². The highest BCUT2D eigenvalue weighted by Crippen LogP contribution is 2.21. The molecule has 3 aromatic heterocycles. The van der Waals surface area contributed by atoms with Crippen molar-refractivity contribution in [3.05, 3.63) is 72.2 Å². The maximum Gasteiger partial charge on any atom is 0.287 e. The van der Waals surface area contributed by atoms with Gasteiger partial charge in [-0.1, -0.05) is 24.3 Å². The van der Waals surface area contributed by atoms with Crippen LogP contribution in [0.5, 0.6) is 0 Å². The van der Waals surface area contributed by atoms with Gasteiger partial charge in [0.05, 0.1) is 23.1 Å². The van der Waals surface area contributed by atoms with Crippen LogP contribution in [0.1, 0.15) is 15.9 Å². The van der Waals surface area contributed by atoms with Crippen LogP contribution in [0.4, 0.5) is 0 Å². The van der Waals surface area contributed by atoms with Crippen molar-refractivity contribution in [1.29, 1.82) is 0 Å². The Morgan fingerprint density at radius 1 is 1.10 bits per heavy atom. The Morgan fingerprint density at radius 3 is 2.67 bits per heavy atom. The molecule has 0 saturated heterocycles. The molecule has 2 amide bonds. The number of hydrogen-bond acceptors (Lipinski definition) is 5. The molecule has 0 spiro atoms. The molecule has 0 fully saturated rings. The first-order valence-electron chi connectivity index (χ1n) is 9.19. The van der Waals surface area contributed by atoms with Gasteiger partial charge in [-0.05, 0) is 23.8 Å². The van der Waals surface area contributed by atoms with E-state index in [1.165, 1.54) is 6.20 Å². The lowest BCUT2D eigenvalue weighted by Crippen LogP contribution is -2.47. The van der Waals surface area contributed by atoms with Gasteiger partial charge < -0.3 is 16.0 Å². The number of nitrogens with one attached hydrogen (secondary N) is 3. The highest BCUT2D eigenvalue weighted by atomic mass is 16.2. The van der Waals surface area contributed by atoms with Gasteiger partial charge in [0.1, 0.15) is 6.04 Å². The third-order valence-electron chi connectivity index (χ3n) is 4.77. The van der Waals surface area contributed by atoms with Crippen LogP contribution < -0.4 is 11.1 Å². The van der Waals surface area contributed by atoms with Crippen molar-refractivity contribution in [2.45, 2.75) is 12.5 Å². The minimum absolute atomic E-state index is 0.105. The van der Waals surface area contributed by atoms with Gasteiger partial charge in [-0.15, -0.1) is 0 Å². The number of primary amides is 1. The minimum atomic E-state index is -1.12. The topological polar surface area (TPSA) is 147 Å². The van der Waals surface area contributed by atoms with Crippen LogP contribution >= 0.6 is 0 Å². The zero-order valence-corrected chi connectivity index (χ0v) is 15.8. The first-order valence-corrected chi connectivity index (χ1v) is 9.19. The molecular weight excluding hydrogens is 384 g/mol. The van der Waals surface area contributed by atoms with Crippen molar-refractivity contribution in [2.24, 2.45) is 5.73 Å². The number of nitrogens with two attached hydrogens (primary N) is 1. The fraction of sp³-hybridized carbons (Fsp3) is 0.0952. The fourth-order valence-corrected chi connectivity index (χ4v) is 3.30. The molecule has 4 rings (SSSR count). The standard InChI is InChI=1S/C21H18N6O3/c22-20(29)19(28)17(9-12-10-24-15-6-2-1-5-13(12)15)26-21(30)14-11-25-27-18(14)16-7-3-4-8-23-16/h1-8,10-11,17,24H,9H2,(H2,22,29)(H,25,27)(H,26,30). The summed E-state index contributed by atoms with van der Waals surface area (Å²) in [7, 11) is 0. The number of fused-ring (bicyclic) bond motifs is 1. The van der Waals surface area contributed by atoms with Crippen LogP contribution in [0.2, 0.25) is 0 Å². The van der Waals surface area contributed by atoms with E-state index in [1.807, 2.05) is 24.3 Å². The number of benzene rings is 1. The van der Waals surface area contributed by atoms with Crippen molar-refractivity contribution in [1.82, 2.24) is 25.5 Å². The molecule has 1 atom stereocenters. The second kappa shape index (κ2) is 8.00. The Kier molecular flexibility index (Phi) is 5.08. The van der Waals surface area contributed by atoms with E-state index in [4.69, 9.17) is 5.73 Å². The smallest absolute Gasteiger partial charge is 0.287 e. The molecular formula is C21H18N6O3. The molecule has 30 heavy (non-hydrogen) atoms. The van der Waals surface area contributed by atoms with Crippen molar-refractivity contribution >= 4 is 28.5 Å². The molecule has 0 saturated carbocycles. The van der Waals surface area contributed by atoms with E-state index in [0.29, 0.717) is 11.4 Å². The highest BCUT2D eigenvalue weighted by molar-refractivity contribution is 6.38. The Hall–Kier alpha value is -4.27. The normalized spacial score (nSPS) is 11.9.